The second kappa shape index (κ2) is 7.12. The molecule has 0 aliphatic heterocycles. The molecule has 2 aromatic carbocycles. The molecule has 0 atom stereocenters. The molecule has 0 unspecified atom stereocenters. The van der Waals surface area contributed by atoms with Crippen LogP contribution in [0.1, 0.15) is 0 Å². The third-order valence-electron chi connectivity index (χ3n) is 2.68. The van der Waals surface area contributed by atoms with Gasteiger partial charge in [-0.1, -0.05) is 12.1 Å². The van der Waals surface area contributed by atoms with E-state index < -0.39 is 10.3 Å². The number of para-hydroxylation sites is 1. The summed E-state index contributed by atoms with van der Waals surface area (Å²) in [4.78, 5) is 4.58. The molecule has 110 valence electrons. The normalized spacial score (nSPS) is 11.2. The molecule has 5 nitrogen and oxygen atoms in total. The maximum absolute atomic E-state index is 10.9. The molecule has 0 aliphatic carbocycles. The van der Waals surface area contributed by atoms with Crippen molar-refractivity contribution in [3.63, 3.8) is 0 Å². The number of nitrogens with zero attached hydrogens (tertiary/aromatic N) is 1. The van der Waals surface area contributed by atoms with Crippen LogP contribution in [0.3, 0.4) is 0 Å². The monoisotopic (exact) mass is 456 g/mol. The minimum atomic E-state index is -4.01. The van der Waals surface area contributed by atoms with Gasteiger partial charge in [-0.25, -0.2) is 4.98 Å². The summed E-state index contributed by atoms with van der Waals surface area (Å²) in [5, 5.41) is 5.73. The first-order valence-electron chi connectivity index (χ1n) is 5.80. The Morgan fingerprint density at radius 2 is 1.91 bits per heavy atom. The second-order valence-electron chi connectivity index (χ2n) is 4.20. The standard InChI is InChI=1S/C13H9IN2O3S2.Na.H/c14-10-7-8(19-21(15,17)18)5-6-9(10)13-16-11-3-1-2-4-12(11)20-13;;/h1-7H,(H2,15,17,18);;. The van der Waals surface area contributed by atoms with E-state index in [0.29, 0.717) is 0 Å². The van der Waals surface area contributed by atoms with Gasteiger partial charge in [0.25, 0.3) is 0 Å². The third-order valence-corrected chi connectivity index (χ3v) is 5.06. The SMILES string of the molecule is NS(=O)(=O)Oc1ccc(-c2nc3ccccc3s2)c(I)c1.[NaH]. The van der Waals surface area contributed by atoms with Crippen molar-refractivity contribution >= 4 is 84.0 Å². The molecule has 0 fully saturated rings. The van der Waals surface area contributed by atoms with Crippen molar-refractivity contribution < 1.29 is 12.6 Å². The zero-order chi connectivity index (χ0) is 15.0. The van der Waals surface area contributed by atoms with Crippen molar-refractivity contribution in [1.82, 2.24) is 4.98 Å². The summed E-state index contributed by atoms with van der Waals surface area (Å²) in [7, 11) is -4.01. The molecule has 0 saturated carbocycles. The quantitative estimate of drug-likeness (QED) is 0.485. The van der Waals surface area contributed by atoms with Gasteiger partial charge in [-0.15, -0.1) is 11.3 Å². The number of benzene rings is 2. The summed E-state index contributed by atoms with van der Waals surface area (Å²) < 4.78 is 28.5. The number of thiazole rings is 1. The first-order valence-corrected chi connectivity index (χ1v) is 9.17. The van der Waals surface area contributed by atoms with Crippen molar-refractivity contribution in [3.8, 4) is 16.3 Å². The summed E-state index contributed by atoms with van der Waals surface area (Å²) in [6.45, 7) is 0. The number of fused-ring (bicyclic) bond motifs is 1. The Morgan fingerprint density at radius 1 is 1.18 bits per heavy atom. The Kier molecular flexibility index (Phi) is 5.86. The number of hydrogen-bond donors (Lipinski definition) is 1. The Bertz CT molecular complexity index is 895. The van der Waals surface area contributed by atoms with Gasteiger partial charge in [-0.3, -0.25) is 0 Å². The average Bonchev–Trinajstić information content (AvgIpc) is 2.80. The summed E-state index contributed by atoms with van der Waals surface area (Å²) in [6, 6.07) is 12.8. The van der Waals surface area contributed by atoms with E-state index in [4.69, 9.17) is 5.14 Å². The van der Waals surface area contributed by atoms with Crippen LogP contribution >= 0.6 is 33.9 Å². The van der Waals surface area contributed by atoms with Gasteiger partial charge in [0, 0.05) is 9.13 Å². The van der Waals surface area contributed by atoms with Crippen LogP contribution in [0.25, 0.3) is 20.8 Å². The molecule has 0 radical (unpaired) electrons. The van der Waals surface area contributed by atoms with E-state index in [-0.39, 0.29) is 35.3 Å². The predicted octanol–water partition coefficient (Wildman–Crippen LogP) is 2.50. The predicted molar refractivity (Wildman–Crippen MR) is 98.7 cm³/mol. The molecule has 0 saturated heterocycles. The number of halogens is 1. The summed E-state index contributed by atoms with van der Waals surface area (Å²) in [6.07, 6.45) is 0. The molecule has 22 heavy (non-hydrogen) atoms. The van der Waals surface area contributed by atoms with E-state index in [1.807, 2.05) is 24.3 Å². The molecular formula is C13H10IN2NaO3S2. The van der Waals surface area contributed by atoms with Crippen LogP contribution < -0.4 is 9.32 Å². The first-order chi connectivity index (χ1) is 9.92. The molecular weight excluding hydrogens is 446 g/mol. The van der Waals surface area contributed by atoms with Gasteiger partial charge in [0.15, 0.2) is 0 Å². The van der Waals surface area contributed by atoms with Crippen LogP contribution in [-0.2, 0) is 10.3 Å². The fourth-order valence-corrected chi connectivity index (χ4v) is 4.14. The minimum absolute atomic E-state index is 0. The van der Waals surface area contributed by atoms with Crippen LogP contribution in [0.2, 0.25) is 0 Å². The summed E-state index contributed by atoms with van der Waals surface area (Å²) in [5.41, 5.74) is 1.87. The van der Waals surface area contributed by atoms with E-state index in [1.54, 1.807) is 29.5 Å². The molecule has 0 bridgehead atoms. The summed E-state index contributed by atoms with van der Waals surface area (Å²) in [5.74, 6) is 0.187. The van der Waals surface area contributed by atoms with Gasteiger partial charge >= 0.3 is 39.9 Å². The fraction of sp³-hybridized carbons (Fsp3) is 0. The molecule has 2 N–H and O–H groups in total. The summed E-state index contributed by atoms with van der Waals surface area (Å²) >= 11 is 3.70. The van der Waals surface area contributed by atoms with Gasteiger partial charge in [0.1, 0.15) is 10.8 Å². The Balaban J connectivity index is 0.00000176. The zero-order valence-corrected chi connectivity index (χ0v) is 14.3. The van der Waals surface area contributed by atoms with Crippen molar-refractivity contribution in [1.29, 1.82) is 0 Å². The zero-order valence-electron chi connectivity index (χ0n) is 10.5. The molecule has 1 heterocycles. The Morgan fingerprint density at radius 3 is 2.55 bits per heavy atom. The number of hydrogen-bond acceptors (Lipinski definition) is 5. The van der Waals surface area contributed by atoms with E-state index in [1.165, 1.54) is 0 Å². The van der Waals surface area contributed by atoms with E-state index in [2.05, 4.69) is 31.8 Å². The van der Waals surface area contributed by atoms with Crippen LogP contribution in [0, 0.1) is 3.57 Å². The van der Waals surface area contributed by atoms with Gasteiger partial charge in [-0.2, -0.15) is 13.6 Å². The molecule has 0 aliphatic rings. The van der Waals surface area contributed by atoms with Gasteiger partial charge < -0.3 is 4.18 Å². The van der Waals surface area contributed by atoms with E-state index >= 15 is 0 Å². The molecule has 3 rings (SSSR count). The number of nitrogens with two attached hydrogens (primary N) is 1. The van der Waals surface area contributed by atoms with Crippen molar-refractivity contribution in [2.24, 2.45) is 5.14 Å². The van der Waals surface area contributed by atoms with Crippen LogP contribution in [-0.4, -0.2) is 43.0 Å². The van der Waals surface area contributed by atoms with Gasteiger partial charge in [-0.05, 0) is 52.9 Å². The van der Waals surface area contributed by atoms with Crippen molar-refractivity contribution in [2.45, 2.75) is 0 Å². The Labute approximate surface area is 167 Å². The van der Waals surface area contributed by atoms with Crippen LogP contribution in [0.4, 0.5) is 0 Å². The molecule has 1 aromatic heterocycles. The van der Waals surface area contributed by atoms with Gasteiger partial charge in [0.05, 0.1) is 10.2 Å². The van der Waals surface area contributed by atoms with Crippen molar-refractivity contribution in [2.75, 3.05) is 0 Å². The second-order valence-corrected chi connectivity index (χ2v) is 7.55. The Hall–Kier alpha value is -0.230. The first kappa shape index (κ1) is 18.1. The number of aromatic nitrogens is 1. The molecule has 0 amide bonds. The fourth-order valence-electron chi connectivity index (χ4n) is 1.84. The molecule has 3 aromatic rings. The van der Waals surface area contributed by atoms with Crippen LogP contribution in [0.15, 0.2) is 42.5 Å². The van der Waals surface area contributed by atoms with E-state index in [0.717, 1.165) is 24.4 Å². The molecule has 9 heteroatoms. The molecule has 0 spiro atoms. The van der Waals surface area contributed by atoms with Crippen LogP contribution in [0.5, 0.6) is 5.75 Å². The maximum atomic E-state index is 10.9. The number of rotatable bonds is 3. The third kappa shape index (κ3) is 4.19. The van der Waals surface area contributed by atoms with E-state index in [9.17, 15) is 8.42 Å². The topological polar surface area (TPSA) is 82.3 Å². The van der Waals surface area contributed by atoms with Gasteiger partial charge in [0.2, 0.25) is 0 Å². The average molecular weight is 456 g/mol. The van der Waals surface area contributed by atoms with Crippen molar-refractivity contribution in [3.05, 3.63) is 46.0 Å².